The number of rotatable bonds is 8. The van der Waals surface area contributed by atoms with Crippen LogP contribution in [-0.4, -0.2) is 62.0 Å². The van der Waals surface area contributed by atoms with Gasteiger partial charge >= 0.3 is 0 Å². The van der Waals surface area contributed by atoms with E-state index in [0.29, 0.717) is 43.0 Å². The van der Waals surface area contributed by atoms with Crippen LogP contribution in [-0.2, 0) is 16.0 Å². The molecule has 0 radical (unpaired) electrons. The van der Waals surface area contributed by atoms with Crippen molar-refractivity contribution in [2.45, 2.75) is 45.2 Å². The molecule has 1 heterocycles. The Hall–Kier alpha value is -3.55. The summed E-state index contributed by atoms with van der Waals surface area (Å²) in [6, 6.07) is 12.2. The predicted octanol–water partition coefficient (Wildman–Crippen LogP) is 2.48. The van der Waals surface area contributed by atoms with Gasteiger partial charge in [-0.1, -0.05) is 29.8 Å². The van der Waals surface area contributed by atoms with Gasteiger partial charge in [-0.15, -0.1) is 0 Å². The Morgan fingerprint density at radius 3 is 2.38 bits per heavy atom. The molecule has 3 amide bonds. The molecule has 0 spiro atoms. The number of piperidine rings is 1. The molecule has 182 valence electrons. The van der Waals surface area contributed by atoms with E-state index in [4.69, 9.17) is 9.47 Å². The maximum Gasteiger partial charge on any atom is 0.253 e. The number of amides is 3. The van der Waals surface area contributed by atoms with Crippen molar-refractivity contribution in [2.75, 3.05) is 27.3 Å². The molecule has 1 fully saturated rings. The number of likely N-dealkylation sites (tertiary alicyclic amines) is 1. The second-order valence-electron chi connectivity index (χ2n) is 8.55. The minimum Gasteiger partial charge on any atom is -0.493 e. The predicted molar refractivity (Wildman–Crippen MR) is 129 cm³/mol. The smallest absolute Gasteiger partial charge is 0.253 e. The Morgan fingerprint density at radius 1 is 1.06 bits per heavy atom. The topological polar surface area (TPSA) is 97.0 Å². The van der Waals surface area contributed by atoms with Crippen molar-refractivity contribution in [1.29, 1.82) is 0 Å². The second kappa shape index (κ2) is 11.5. The van der Waals surface area contributed by atoms with E-state index in [9.17, 15) is 14.4 Å². The van der Waals surface area contributed by atoms with Crippen molar-refractivity contribution in [3.63, 3.8) is 0 Å². The summed E-state index contributed by atoms with van der Waals surface area (Å²) >= 11 is 0. The Labute approximate surface area is 200 Å². The number of nitrogens with zero attached hydrogens (tertiary/aromatic N) is 1. The van der Waals surface area contributed by atoms with Crippen molar-refractivity contribution < 1.29 is 23.9 Å². The van der Waals surface area contributed by atoms with Gasteiger partial charge in [0.15, 0.2) is 11.5 Å². The van der Waals surface area contributed by atoms with Crippen LogP contribution in [0.1, 0.15) is 41.3 Å². The highest BCUT2D eigenvalue weighted by Gasteiger charge is 2.28. The summed E-state index contributed by atoms with van der Waals surface area (Å²) in [7, 11) is 3.09. The van der Waals surface area contributed by atoms with Crippen molar-refractivity contribution >= 4 is 17.7 Å². The second-order valence-corrected chi connectivity index (χ2v) is 8.55. The number of para-hydroxylation sites is 1. The van der Waals surface area contributed by atoms with Gasteiger partial charge in [-0.3, -0.25) is 14.4 Å². The third kappa shape index (κ3) is 6.27. The van der Waals surface area contributed by atoms with Crippen LogP contribution in [0.5, 0.6) is 11.5 Å². The number of aryl methyl sites for hydroxylation is 1. The van der Waals surface area contributed by atoms with E-state index in [0.717, 1.165) is 11.1 Å². The van der Waals surface area contributed by atoms with Crippen LogP contribution < -0.4 is 20.1 Å². The van der Waals surface area contributed by atoms with E-state index in [1.54, 1.807) is 20.3 Å². The molecule has 2 N–H and O–H groups in total. The largest absolute Gasteiger partial charge is 0.493 e. The van der Waals surface area contributed by atoms with Gasteiger partial charge in [0, 0.05) is 43.6 Å². The van der Waals surface area contributed by atoms with Crippen LogP contribution >= 0.6 is 0 Å². The van der Waals surface area contributed by atoms with Crippen molar-refractivity contribution in [3.8, 4) is 11.5 Å². The summed E-state index contributed by atoms with van der Waals surface area (Å²) in [5, 5.41) is 5.80. The lowest BCUT2D eigenvalue weighted by Gasteiger charge is -2.33. The molecule has 1 aliphatic rings. The minimum atomic E-state index is -0.759. The number of methoxy groups -OCH3 is 2. The third-order valence-electron chi connectivity index (χ3n) is 6.00. The van der Waals surface area contributed by atoms with Crippen LogP contribution in [0.2, 0.25) is 0 Å². The van der Waals surface area contributed by atoms with Crippen LogP contribution in [0.4, 0.5) is 0 Å². The quantitative estimate of drug-likeness (QED) is 0.622. The van der Waals surface area contributed by atoms with Crippen molar-refractivity contribution in [1.82, 2.24) is 15.5 Å². The summed E-state index contributed by atoms with van der Waals surface area (Å²) in [6.45, 7) is 4.47. The molecule has 3 rings (SSSR count). The molecule has 1 atom stereocenters. The lowest BCUT2D eigenvalue weighted by atomic mass is 10.0. The number of carbonyl (C=O) groups excluding carboxylic acids is 3. The first-order chi connectivity index (χ1) is 16.3. The first kappa shape index (κ1) is 25.1. The van der Waals surface area contributed by atoms with Crippen LogP contribution in [0.25, 0.3) is 0 Å². The molecular formula is C26H33N3O5. The lowest BCUT2D eigenvalue weighted by molar-refractivity contribution is -0.128. The highest BCUT2D eigenvalue weighted by Crippen LogP contribution is 2.31. The molecular weight excluding hydrogens is 434 g/mol. The normalized spacial score (nSPS) is 14.8. The van der Waals surface area contributed by atoms with E-state index in [1.807, 2.05) is 48.2 Å². The monoisotopic (exact) mass is 467 g/mol. The zero-order valence-electron chi connectivity index (χ0n) is 20.2. The molecule has 1 aliphatic heterocycles. The van der Waals surface area contributed by atoms with Crippen molar-refractivity contribution in [3.05, 3.63) is 59.2 Å². The van der Waals surface area contributed by atoms with Gasteiger partial charge < -0.3 is 25.0 Å². The van der Waals surface area contributed by atoms with Crippen LogP contribution in [0.3, 0.4) is 0 Å². The number of benzene rings is 2. The van der Waals surface area contributed by atoms with Crippen LogP contribution in [0.15, 0.2) is 42.5 Å². The Balaban J connectivity index is 1.62. The Kier molecular flexibility index (Phi) is 8.51. The Morgan fingerprint density at radius 2 is 1.76 bits per heavy atom. The fourth-order valence-corrected chi connectivity index (χ4v) is 4.28. The van der Waals surface area contributed by atoms with Gasteiger partial charge in [0.05, 0.1) is 14.2 Å². The molecule has 2 aromatic carbocycles. The molecule has 0 aromatic heterocycles. The molecule has 1 saturated heterocycles. The zero-order chi connectivity index (χ0) is 24.7. The minimum absolute atomic E-state index is 0.00900. The maximum absolute atomic E-state index is 13.1. The summed E-state index contributed by atoms with van der Waals surface area (Å²) < 4.78 is 10.8. The fraction of sp³-hybridized carbons (Fsp3) is 0.423. The third-order valence-corrected chi connectivity index (χ3v) is 6.00. The van der Waals surface area contributed by atoms with E-state index in [2.05, 4.69) is 10.6 Å². The molecule has 34 heavy (non-hydrogen) atoms. The standard InChI is InChI=1S/C26H33N3O5/c1-17-7-5-9-20(15-17)26(32)29-13-11-21(12-14-29)28-25(31)22(27-18(2)30)16-19-8-6-10-23(33-3)24(19)34-4/h5-10,15,21-22H,11-14,16H2,1-4H3,(H,27,30)(H,28,31). The first-order valence-corrected chi connectivity index (χ1v) is 11.5. The summed E-state index contributed by atoms with van der Waals surface area (Å²) in [4.78, 5) is 39.5. The highest BCUT2D eigenvalue weighted by molar-refractivity contribution is 5.94. The van der Waals surface area contributed by atoms with Gasteiger partial charge in [-0.2, -0.15) is 0 Å². The van der Waals surface area contributed by atoms with E-state index >= 15 is 0 Å². The number of hydrogen-bond acceptors (Lipinski definition) is 5. The van der Waals surface area contributed by atoms with E-state index in [-0.39, 0.29) is 30.2 Å². The zero-order valence-corrected chi connectivity index (χ0v) is 20.2. The average molecular weight is 468 g/mol. The molecule has 0 saturated carbocycles. The van der Waals surface area contributed by atoms with Crippen molar-refractivity contribution in [2.24, 2.45) is 0 Å². The maximum atomic E-state index is 13.1. The molecule has 0 aliphatic carbocycles. The first-order valence-electron chi connectivity index (χ1n) is 11.5. The summed E-state index contributed by atoms with van der Waals surface area (Å²) in [5.74, 6) is 0.558. The SMILES string of the molecule is COc1cccc(CC(NC(C)=O)C(=O)NC2CCN(C(=O)c3cccc(C)c3)CC2)c1OC. The van der Waals surface area contributed by atoms with Gasteiger partial charge in [0.1, 0.15) is 6.04 Å². The lowest BCUT2D eigenvalue weighted by Crippen LogP contribution is -2.53. The molecule has 1 unspecified atom stereocenters. The van der Waals surface area contributed by atoms with Crippen LogP contribution in [0, 0.1) is 6.92 Å². The highest BCUT2D eigenvalue weighted by atomic mass is 16.5. The fourth-order valence-electron chi connectivity index (χ4n) is 4.28. The van der Waals surface area contributed by atoms with Gasteiger partial charge in [0.2, 0.25) is 11.8 Å². The average Bonchev–Trinajstić information content (AvgIpc) is 2.83. The molecule has 2 aromatic rings. The molecule has 8 nitrogen and oxygen atoms in total. The van der Waals surface area contributed by atoms with E-state index in [1.165, 1.54) is 6.92 Å². The number of ether oxygens (including phenoxy) is 2. The molecule has 0 bridgehead atoms. The van der Waals surface area contributed by atoms with Gasteiger partial charge in [-0.25, -0.2) is 0 Å². The number of nitrogens with one attached hydrogen (secondary N) is 2. The van der Waals surface area contributed by atoms with Gasteiger partial charge in [-0.05, 0) is 38.0 Å². The van der Waals surface area contributed by atoms with E-state index < -0.39 is 6.04 Å². The molecule has 8 heteroatoms. The Bertz CT molecular complexity index is 1030. The van der Waals surface area contributed by atoms with Gasteiger partial charge in [0.25, 0.3) is 5.91 Å². The summed E-state index contributed by atoms with van der Waals surface area (Å²) in [5.41, 5.74) is 2.49. The number of hydrogen-bond donors (Lipinski definition) is 2. The summed E-state index contributed by atoms with van der Waals surface area (Å²) in [6.07, 6.45) is 1.56. The number of carbonyl (C=O) groups is 3.